The molecule has 0 bridgehead atoms. The zero-order valence-electron chi connectivity index (χ0n) is 23.0. The van der Waals surface area contributed by atoms with Crippen LogP contribution in [0.2, 0.25) is 0 Å². The summed E-state index contributed by atoms with van der Waals surface area (Å²) in [6, 6.07) is 24.1. The van der Waals surface area contributed by atoms with Crippen molar-refractivity contribution in [2.24, 2.45) is 0 Å². The summed E-state index contributed by atoms with van der Waals surface area (Å²) in [4.78, 5) is 20.6. The quantitative estimate of drug-likeness (QED) is 0.249. The average molecular weight is 508 g/mol. The molecule has 3 aromatic carbocycles. The molecule has 3 atom stereocenters. The van der Waals surface area contributed by atoms with Gasteiger partial charge in [0.1, 0.15) is 5.75 Å². The Morgan fingerprint density at radius 1 is 0.947 bits per heavy atom. The molecule has 1 fully saturated rings. The van der Waals surface area contributed by atoms with Crippen molar-refractivity contribution < 1.29 is 9.53 Å². The van der Waals surface area contributed by atoms with E-state index >= 15 is 0 Å². The first kappa shape index (κ1) is 25.8. The lowest BCUT2D eigenvalue weighted by molar-refractivity contribution is -0.122. The van der Waals surface area contributed by atoms with E-state index in [0.717, 1.165) is 70.5 Å². The van der Waals surface area contributed by atoms with Crippen molar-refractivity contribution in [2.75, 3.05) is 25.1 Å². The lowest BCUT2D eigenvalue weighted by atomic mass is 9.94. The summed E-state index contributed by atoms with van der Waals surface area (Å²) >= 11 is 0. The van der Waals surface area contributed by atoms with E-state index in [2.05, 4.69) is 99.3 Å². The van der Waals surface area contributed by atoms with Gasteiger partial charge in [-0.2, -0.15) is 0 Å². The normalized spacial score (nSPS) is 18.4. The van der Waals surface area contributed by atoms with E-state index in [1.807, 2.05) is 11.1 Å². The van der Waals surface area contributed by atoms with E-state index in [1.54, 1.807) is 7.11 Å². The monoisotopic (exact) mass is 507 g/mol. The second kappa shape index (κ2) is 10.9. The molecule has 0 saturated carbocycles. The fourth-order valence-corrected chi connectivity index (χ4v) is 5.69. The molecule has 5 heteroatoms. The van der Waals surface area contributed by atoms with Crippen molar-refractivity contribution in [1.82, 2.24) is 9.88 Å². The number of benzene rings is 3. The number of anilines is 1. The standard InChI is InChI=1S/C33H37N3O2/c1-6-22(2)25-10-12-26(13-11-25)29-8-7-9-30-32(29)34-18-31(33(30)38-5)27-14-16-28(17-15-27)35-19-23(3)36(21-37)24(4)20-35/h7-18,21-24H,6,19-20H2,1-5H3. The summed E-state index contributed by atoms with van der Waals surface area (Å²) in [5, 5.41) is 1.00. The highest BCUT2D eigenvalue weighted by Crippen LogP contribution is 2.39. The number of hydrogen-bond donors (Lipinski definition) is 0. The Labute approximate surface area is 226 Å². The van der Waals surface area contributed by atoms with Crippen molar-refractivity contribution in [1.29, 1.82) is 0 Å². The number of ether oxygens (including phenoxy) is 1. The molecule has 1 amide bonds. The lowest BCUT2D eigenvalue weighted by Gasteiger charge is -2.43. The summed E-state index contributed by atoms with van der Waals surface area (Å²) in [6.45, 7) is 10.3. The zero-order valence-corrected chi connectivity index (χ0v) is 23.0. The van der Waals surface area contributed by atoms with Crippen molar-refractivity contribution in [3.05, 3.63) is 78.5 Å². The van der Waals surface area contributed by atoms with Gasteiger partial charge in [0.2, 0.25) is 6.41 Å². The van der Waals surface area contributed by atoms with Crippen LogP contribution in [0.3, 0.4) is 0 Å². The molecule has 1 aliphatic heterocycles. The summed E-state index contributed by atoms with van der Waals surface area (Å²) in [5.41, 5.74) is 7.77. The van der Waals surface area contributed by atoms with E-state index < -0.39 is 0 Å². The minimum absolute atomic E-state index is 0.182. The predicted molar refractivity (Wildman–Crippen MR) is 157 cm³/mol. The van der Waals surface area contributed by atoms with Crippen molar-refractivity contribution in [3.63, 3.8) is 0 Å². The van der Waals surface area contributed by atoms with Gasteiger partial charge in [0.05, 0.1) is 12.6 Å². The maximum Gasteiger partial charge on any atom is 0.210 e. The van der Waals surface area contributed by atoms with Gasteiger partial charge in [-0.15, -0.1) is 0 Å². The number of methoxy groups -OCH3 is 1. The van der Waals surface area contributed by atoms with E-state index in [4.69, 9.17) is 9.72 Å². The molecule has 5 rings (SSSR count). The third-order valence-corrected chi connectivity index (χ3v) is 8.11. The van der Waals surface area contributed by atoms with Gasteiger partial charge in [-0.25, -0.2) is 0 Å². The Bertz CT molecular complexity index is 1400. The molecule has 2 heterocycles. The molecule has 38 heavy (non-hydrogen) atoms. The number of rotatable bonds is 7. The SMILES string of the molecule is CCC(C)c1ccc(-c2cccc3c(OC)c(-c4ccc(N5CC(C)N(C=O)C(C)C5)cc4)cnc23)cc1. The molecule has 1 aliphatic rings. The van der Waals surface area contributed by atoms with E-state index in [9.17, 15) is 4.79 Å². The number of fused-ring (bicyclic) bond motifs is 1. The molecular weight excluding hydrogens is 470 g/mol. The fraction of sp³-hybridized carbons (Fsp3) is 0.333. The highest BCUT2D eigenvalue weighted by atomic mass is 16.5. The minimum atomic E-state index is 0.182. The number of aromatic nitrogens is 1. The Kier molecular flexibility index (Phi) is 7.37. The zero-order chi connectivity index (χ0) is 26.8. The number of pyridine rings is 1. The van der Waals surface area contributed by atoms with Crippen LogP contribution in [0.15, 0.2) is 72.9 Å². The number of piperazine rings is 1. The van der Waals surface area contributed by atoms with Crippen LogP contribution in [0.5, 0.6) is 5.75 Å². The number of carbonyl (C=O) groups excluding carboxylic acids is 1. The van der Waals surface area contributed by atoms with Gasteiger partial charge in [-0.05, 0) is 61.1 Å². The molecule has 196 valence electrons. The minimum Gasteiger partial charge on any atom is -0.495 e. The van der Waals surface area contributed by atoms with E-state index in [-0.39, 0.29) is 12.1 Å². The van der Waals surface area contributed by atoms with E-state index in [0.29, 0.717) is 5.92 Å². The first-order chi connectivity index (χ1) is 18.4. The topological polar surface area (TPSA) is 45.7 Å². The molecular formula is C33H37N3O2. The van der Waals surface area contributed by atoms with Gasteiger partial charge >= 0.3 is 0 Å². The summed E-state index contributed by atoms with van der Waals surface area (Å²) < 4.78 is 5.98. The molecule has 5 nitrogen and oxygen atoms in total. The smallest absolute Gasteiger partial charge is 0.210 e. The van der Waals surface area contributed by atoms with Gasteiger partial charge in [-0.1, -0.05) is 62.4 Å². The number of amides is 1. The molecule has 0 radical (unpaired) electrons. The summed E-state index contributed by atoms with van der Waals surface area (Å²) in [5.74, 6) is 1.39. The highest BCUT2D eigenvalue weighted by molar-refractivity contribution is 6.00. The second-order valence-corrected chi connectivity index (χ2v) is 10.5. The number of nitrogens with zero attached hydrogens (tertiary/aromatic N) is 3. The lowest BCUT2D eigenvalue weighted by Crippen LogP contribution is -2.56. The van der Waals surface area contributed by atoms with Crippen LogP contribution in [-0.2, 0) is 4.79 Å². The number of hydrogen-bond acceptors (Lipinski definition) is 4. The molecule has 3 unspecified atom stereocenters. The molecule has 0 spiro atoms. The summed E-state index contributed by atoms with van der Waals surface area (Å²) in [6.07, 6.45) is 4.04. The highest BCUT2D eigenvalue weighted by Gasteiger charge is 2.28. The van der Waals surface area contributed by atoms with E-state index in [1.165, 1.54) is 5.56 Å². The largest absolute Gasteiger partial charge is 0.495 e. The molecule has 0 aliphatic carbocycles. The Balaban J connectivity index is 1.47. The van der Waals surface area contributed by atoms with Crippen LogP contribution in [0.4, 0.5) is 5.69 Å². The maximum atomic E-state index is 11.4. The first-order valence-electron chi connectivity index (χ1n) is 13.6. The fourth-order valence-electron chi connectivity index (χ4n) is 5.69. The summed E-state index contributed by atoms with van der Waals surface area (Å²) in [7, 11) is 1.73. The number of carbonyl (C=O) groups is 1. The van der Waals surface area contributed by atoms with Crippen LogP contribution in [0, 0.1) is 0 Å². The third kappa shape index (κ3) is 4.73. The first-order valence-corrected chi connectivity index (χ1v) is 13.6. The van der Waals surface area contributed by atoms with Gasteiger partial charge in [-0.3, -0.25) is 9.78 Å². The van der Waals surface area contributed by atoms with Gasteiger partial charge < -0.3 is 14.5 Å². The van der Waals surface area contributed by atoms with Crippen LogP contribution < -0.4 is 9.64 Å². The third-order valence-electron chi connectivity index (χ3n) is 8.11. The van der Waals surface area contributed by atoms with Crippen LogP contribution in [0.1, 0.15) is 45.6 Å². The van der Waals surface area contributed by atoms with Crippen LogP contribution in [-0.4, -0.2) is 48.6 Å². The van der Waals surface area contributed by atoms with Gasteiger partial charge in [0, 0.05) is 53.6 Å². The molecule has 4 aromatic rings. The van der Waals surface area contributed by atoms with Gasteiger partial charge in [0.15, 0.2) is 0 Å². The average Bonchev–Trinajstić information content (AvgIpc) is 2.95. The van der Waals surface area contributed by atoms with Crippen LogP contribution in [0.25, 0.3) is 33.2 Å². The van der Waals surface area contributed by atoms with Crippen molar-refractivity contribution in [2.45, 2.75) is 52.1 Å². The Hall–Kier alpha value is -3.86. The number of para-hydroxylation sites is 1. The van der Waals surface area contributed by atoms with Crippen LogP contribution >= 0.6 is 0 Å². The molecule has 0 N–H and O–H groups in total. The predicted octanol–water partition coefficient (Wildman–Crippen LogP) is 7.15. The molecule has 1 saturated heterocycles. The maximum absolute atomic E-state index is 11.4. The van der Waals surface area contributed by atoms with Crippen molar-refractivity contribution >= 4 is 23.0 Å². The molecule has 1 aromatic heterocycles. The Morgan fingerprint density at radius 2 is 1.58 bits per heavy atom. The Morgan fingerprint density at radius 3 is 2.18 bits per heavy atom. The second-order valence-electron chi connectivity index (χ2n) is 10.5. The van der Waals surface area contributed by atoms with Crippen molar-refractivity contribution in [3.8, 4) is 28.0 Å². The van der Waals surface area contributed by atoms with Gasteiger partial charge in [0.25, 0.3) is 0 Å².